The number of hydrogen-bond acceptors (Lipinski definition) is 8. The Balaban J connectivity index is 2.15. The highest BCUT2D eigenvalue weighted by Gasteiger charge is 2.17. The second-order valence-corrected chi connectivity index (χ2v) is 5.72. The maximum Gasteiger partial charge on any atom is 0.291 e. The van der Waals surface area contributed by atoms with Gasteiger partial charge < -0.3 is 25.0 Å². The number of nitrogens with one attached hydrogen (secondary N) is 2. The Morgan fingerprint density at radius 1 is 1.22 bits per heavy atom. The van der Waals surface area contributed by atoms with E-state index in [0.717, 1.165) is 0 Å². The molecule has 122 valence electrons. The molecule has 0 saturated heterocycles. The van der Waals surface area contributed by atoms with E-state index in [0.29, 0.717) is 21.5 Å². The average molecular weight is 353 g/mol. The molecule has 0 aromatic carbocycles. The molecule has 2 aromatic rings. The van der Waals surface area contributed by atoms with Crippen molar-refractivity contribution in [3.8, 4) is 0 Å². The van der Waals surface area contributed by atoms with Crippen molar-refractivity contribution < 1.29 is 19.1 Å². The molecular formula is C13H13N4O4S2-. The molecule has 0 atom stereocenters. The van der Waals surface area contributed by atoms with E-state index in [1.54, 1.807) is 0 Å². The van der Waals surface area contributed by atoms with Crippen LogP contribution in [0.25, 0.3) is 0 Å². The molecule has 0 saturated carbocycles. The Bertz CT molecular complexity index is 698. The first-order valence-electron chi connectivity index (χ1n) is 6.33. The average Bonchev–Trinajstić information content (AvgIpc) is 3.02. The molecule has 2 rings (SSSR count). The molecule has 2 N–H and O–H groups in total. The summed E-state index contributed by atoms with van der Waals surface area (Å²) in [5.74, 6) is -0.105. The summed E-state index contributed by atoms with van der Waals surface area (Å²) < 4.78 is 5.29. The number of carbonyl (C=O) groups excluding carboxylic acids is 2. The van der Waals surface area contributed by atoms with Crippen molar-refractivity contribution in [3.05, 3.63) is 30.0 Å². The van der Waals surface area contributed by atoms with Crippen LogP contribution in [0.4, 0.5) is 10.5 Å². The predicted molar refractivity (Wildman–Crippen MR) is 84.5 cm³/mol. The number of anilines is 1. The van der Waals surface area contributed by atoms with Gasteiger partial charge in [-0.05, 0) is 24.6 Å². The van der Waals surface area contributed by atoms with E-state index >= 15 is 0 Å². The Labute approximate surface area is 140 Å². The van der Waals surface area contributed by atoms with Gasteiger partial charge in [0.25, 0.3) is 5.91 Å². The second-order valence-electron chi connectivity index (χ2n) is 4.13. The standard InChI is InChI=1S/C13H14N4O4S2/c1-22-11-9(12(23-2)16-6-15-11)17-10(18)8-4-3-7(21-8)5-14-13(19)20/h3-4,6,14H,5H2,1-2H3,(H,17,18)(H,19,20)/p-1. The number of carboxylic acid groups (broad SMARTS) is 1. The number of rotatable bonds is 6. The molecular weight excluding hydrogens is 340 g/mol. The van der Waals surface area contributed by atoms with Crippen molar-refractivity contribution >= 4 is 41.2 Å². The Hall–Kier alpha value is -2.20. The highest BCUT2D eigenvalue weighted by atomic mass is 32.2. The number of nitrogens with zero attached hydrogens (tertiary/aromatic N) is 2. The van der Waals surface area contributed by atoms with Crippen LogP contribution in [0.1, 0.15) is 16.3 Å². The Morgan fingerprint density at radius 3 is 2.43 bits per heavy atom. The summed E-state index contributed by atoms with van der Waals surface area (Å²) in [6, 6.07) is 2.97. The van der Waals surface area contributed by atoms with Crippen LogP contribution in [0.5, 0.6) is 0 Å². The van der Waals surface area contributed by atoms with Gasteiger partial charge in [-0.15, -0.1) is 23.5 Å². The van der Waals surface area contributed by atoms with Gasteiger partial charge in [-0.25, -0.2) is 9.97 Å². The molecule has 0 fully saturated rings. The van der Waals surface area contributed by atoms with Gasteiger partial charge in [0.15, 0.2) is 5.76 Å². The lowest BCUT2D eigenvalue weighted by Crippen LogP contribution is -2.35. The highest BCUT2D eigenvalue weighted by molar-refractivity contribution is 7.99. The van der Waals surface area contributed by atoms with E-state index in [9.17, 15) is 14.7 Å². The second kappa shape index (κ2) is 7.88. The Morgan fingerprint density at radius 2 is 1.87 bits per heavy atom. The first-order chi connectivity index (χ1) is 11.0. The first-order valence-corrected chi connectivity index (χ1v) is 8.78. The fourth-order valence-corrected chi connectivity index (χ4v) is 2.77. The molecule has 2 amide bonds. The van der Waals surface area contributed by atoms with Crippen LogP contribution in [0, 0.1) is 0 Å². The van der Waals surface area contributed by atoms with E-state index in [1.807, 2.05) is 12.5 Å². The van der Waals surface area contributed by atoms with Gasteiger partial charge in [0, 0.05) is 0 Å². The van der Waals surface area contributed by atoms with Crippen molar-refractivity contribution in [2.24, 2.45) is 0 Å². The fraction of sp³-hybridized carbons (Fsp3) is 0.231. The van der Waals surface area contributed by atoms with Gasteiger partial charge in [-0.2, -0.15) is 0 Å². The van der Waals surface area contributed by atoms with Crippen molar-refractivity contribution in [2.45, 2.75) is 16.6 Å². The van der Waals surface area contributed by atoms with Gasteiger partial charge in [-0.1, -0.05) is 0 Å². The van der Waals surface area contributed by atoms with E-state index in [-0.39, 0.29) is 12.3 Å². The van der Waals surface area contributed by atoms with Crippen LogP contribution >= 0.6 is 23.5 Å². The van der Waals surface area contributed by atoms with Gasteiger partial charge in [0.1, 0.15) is 33.9 Å². The molecule has 0 aliphatic carbocycles. The SMILES string of the molecule is CSc1ncnc(SC)c1NC(=O)c1ccc(CNC(=O)[O-])o1. The molecule has 23 heavy (non-hydrogen) atoms. The van der Waals surface area contributed by atoms with Crippen LogP contribution in [0.3, 0.4) is 0 Å². The van der Waals surface area contributed by atoms with E-state index in [2.05, 4.69) is 20.6 Å². The molecule has 0 aliphatic rings. The van der Waals surface area contributed by atoms with Crippen molar-refractivity contribution in [2.75, 3.05) is 17.8 Å². The minimum absolute atomic E-state index is 0.0584. The minimum atomic E-state index is -1.41. The summed E-state index contributed by atoms with van der Waals surface area (Å²) >= 11 is 2.77. The van der Waals surface area contributed by atoms with Crippen LogP contribution < -0.4 is 15.7 Å². The topological polar surface area (TPSA) is 120 Å². The van der Waals surface area contributed by atoms with E-state index in [1.165, 1.54) is 42.0 Å². The third-order valence-corrected chi connectivity index (χ3v) is 4.09. The maximum absolute atomic E-state index is 12.3. The number of amides is 2. The quantitative estimate of drug-likeness (QED) is 0.587. The smallest absolute Gasteiger partial charge is 0.291 e. The number of thioether (sulfide) groups is 2. The van der Waals surface area contributed by atoms with Crippen molar-refractivity contribution in [1.82, 2.24) is 15.3 Å². The molecule has 2 aromatic heterocycles. The zero-order valence-corrected chi connectivity index (χ0v) is 13.9. The molecule has 0 radical (unpaired) electrons. The molecule has 0 spiro atoms. The summed E-state index contributed by atoms with van der Waals surface area (Å²) in [6.07, 6.45) is 3.71. The first kappa shape index (κ1) is 17.2. The van der Waals surface area contributed by atoms with Crippen LogP contribution in [0.15, 0.2) is 32.9 Å². The third kappa shape index (κ3) is 4.39. The van der Waals surface area contributed by atoms with Crippen LogP contribution in [0.2, 0.25) is 0 Å². The largest absolute Gasteiger partial charge is 0.530 e. The summed E-state index contributed by atoms with van der Waals surface area (Å²) in [6.45, 7) is -0.0732. The van der Waals surface area contributed by atoms with Crippen LogP contribution in [-0.2, 0) is 6.54 Å². The van der Waals surface area contributed by atoms with Gasteiger partial charge in [-0.3, -0.25) is 4.79 Å². The highest BCUT2D eigenvalue weighted by Crippen LogP contribution is 2.30. The fourth-order valence-electron chi connectivity index (χ4n) is 1.70. The van der Waals surface area contributed by atoms with Gasteiger partial charge >= 0.3 is 0 Å². The third-order valence-electron chi connectivity index (χ3n) is 2.70. The van der Waals surface area contributed by atoms with Gasteiger partial charge in [0.05, 0.1) is 6.54 Å². The zero-order chi connectivity index (χ0) is 16.8. The summed E-state index contributed by atoms with van der Waals surface area (Å²) in [7, 11) is 0. The molecule has 10 heteroatoms. The van der Waals surface area contributed by atoms with E-state index < -0.39 is 12.0 Å². The lowest BCUT2D eigenvalue weighted by molar-refractivity contribution is -0.251. The number of aromatic nitrogens is 2. The number of furan rings is 1. The summed E-state index contributed by atoms with van der Waals surface area (Å²) in [5, 5.41) is 16.4. The predicted octanol–water partition coefficient (Wildman–Crippen LogP) is 1.20. The maximum atomic E-state index is 12.3. The van der Waals surface area contributed by atoms with Crippen LogP contribution in [-0.4, -0.2) is 34.5 Å². The number of hydrogen-bond donors (Lipinski definition) is 2. The Kier molecular flexibility index (Phi) is 5.88. The number of carbonyl (C=O) groups is 2. The summed E-state index contributed by atoms with van der Waals surface area (Å²) in [4.78, 5) is 30.8. The normalized spacial score (nSPS) is 10.3. The molecule has 0 aliphatic heterocycles. The molecule has 0 unspecified atom stereocenters. The van der Waals surface area contributed by atoms with Crippen molar-refractivity contribution in [3.63, 3.8) is 0 Å². The van der Waals surface area contributed by atoms with E-state index in [4.69, 9.17) is 4.42 Å². The van der Waals surface area contributed by atoms with Gasteiger partial charge in [0.2, 0.25) is 0 Å². The minimum Gasteiger partial charge on any atom is -0.530 e. The molecule has 2 heterocycles. The lowest BCUT2D eigenvalue weighted by Gasteiger charge is -2.10. The molecule has 0 bridgehead atoms. The molecule has 8 nitrogen and oxygen atoms in total. The lowest BCUT2D eigenvalue weighted by atomic mass is 10.4. The monoisotopic (exact) mass is 353 g/mol. The summed E-state index contributed by atoms with van der Waals surface area (Å²) in [5.41, 5.74) is 0.517. The van der Waals surface area contributed by atoms with Crippen molar-refractivity contribution in [1.29, 1.82) is 0 Å². The zero-order valence-electron chi connectivity index (χ0n) is 12.3.